The summed E-state index contributed by atoms with van der Waals surface area (Å²) in [5, 5.41) is 9.81. The molecule has 9 aromatic carbocycles. The Kier molecular flexibility index (Phi) is 9.12. The van der Waals surface area contributed by atoms with Crippen LogP contribution in [0.3, 0.4) is 0 Å². The third-order valence-electron chi connectivity index (χ3n) is 11.6. The van der Waals surface area contributed by atoms with Gasteiger partial charge in [-0.05, 0) is 127 Å². The molecule has 0 spiro atoms. The third kappa shape index (κ3) is 6.37. The number of para-hydroxylation sites is 10. The fourth-order valence-electron chi connectivity index (χ4n) is 8.93. The van der Waals surface area contributed by atoms with E-state index in [2.05, 4.69) is 211 Å². The standard InChI is InChI=1S/C56H37N7/c1-58-41-30-34-45(35-31-41)59(44-32-28-40(39-57)29-33-44)46-36-47(62-53-24-12-8-20-49(53)60(42-16-4-2-5-17-42)50-21-9-13-25-54(50)62)38-48(37-46)63-55-26-14-10-22-51(55)61(43-18-6-3-7-19-43)52-23-11-15-27-56(52)63/h2-38H. The first-order chi connectivity index (χ1) is 31.2. The Morgan fingerprint density at radius 3 is 1.00 bits per heavy atom. The maximum Gasteiger partial charge on any atom is 0.187 e. The molecule has 0 radical (unpaired) electrons. The molecule has 63 heavy (non-hydrogen) atoms. The molecule has 0 unspecified atom stereocenters. The molecule has 0 N–H and O–H groups in total. The number of hydrogen-bond acceptors (Lipinski definition) is 6. The summed E-state index contributed by atoms with van der Waals surface area (Å²) in [6, 6.07) is 79.8. The van der Waals surface area contributed by atoms with Gasteiger partial charge in [0.1, 0.15) is 0 Å². The largest absolute Gasteiger partial charge is 0.310 e. The van der Waals surface area contributed by atoms with Crippen LogP contribution in [0.1, 0.15) is 5.56 Å². The molecule has 0 aliphatic carbocycles. The number of fused-ring (bicyclic) bond motifs is 4. The Bertz CT molecular complexity index is 2920. The minimum absolute atomic E-state index is 0.557. The summed E-state index contributed by atoms with van der Waals surface area (Å²) in [6.45, 7) is 7.72. The molecule has 0 bridgehead atoms. The Labute approximate surface area is 366 Å². The lowest BCUT2D eigenvalue weighted by Crippen LogP contribution is -2.25. The Balaban J connectivity index is 1.19. The van der Waals surface area contributed by atoms with E-state index in [0.29, 0.717) is 11.3 Å². The molecule has 0 saturated carbocycles. The van der Waals surface area contributed by atoms with Crippen molar-refractivity contribution in [2.75, 3.05) is 24.5 Å². The van der Waals surface area contributed by atoms with E-state index in [4.69, 9.17) is 6.57 Å². The van der Waals surface area contributed by atoms with Crippen molar-refractivity contribution in [1.29, 1.82) is 5.26 Å². The molecule has 0 amide bonds. The van der Waals surface area contributed by atoms with Gasteiger partial charge in [0.25, 0.3) is 0 Å². The Hall–Kier alpha value is -9.04. The normalized spacial score (nSPS) is 12.3. The van der Waals surface area contributed by atoms with Crippen LogP contribution >= 0.6 is 0 Å². The highest BCUT2D eigenvalue weighted by atomic mass is 15.3. The summed E-state index contributed by atoms with van der Waals surface area (Å²) >= 11 is 0. The fourth-order valence-corrected chi connectivity index (χ4v) is 8.93. The van der Waals surface area contributed by atoms with Crippen molar-refractivity contribution in [3.8, 4) is 6.07 Å². The number of nitrogens with zero attached hydrogens (tertiary/aromatic N) is 7. The van der Waals surface area contributed by atoms with Gasteiger partial charge in [-0.3, -0.25) is 0 Å². The molecule has 9 aromatic rings. The quantitative estimate of drug-likeness (QED) is 0.149. The monoisotopic (exact) mass is 807 g/mol. The van der Waals surface area contributed by atoms with Gasteiger partial charge in [-0.25, -0.2) is 4.85 Å². The molecule has 0 fully saturated rings. The molecule has 296 valence electrons. The summed E-state index contributed by atoms with van der Waals surface area (Å²) in [5.41, 5.74) is 16.2. The van der Waals surface area contributed by atoms with Crippen molar-refractivity contribution in [3.63, 3.8) is 0 Å². The molecule has 11 rings (SSSR count). The van der Waals surface area contributed by atoms with Crippen LogP contribution in [0.4, 0.5) is 91.0 Å². The molecule has 0 aromatic heterocycles. The summed E-state index contributed by atoms with van der Waals surface area (Å²) in [6.07, 6.45) is 0. The highest BCUT2D eigenvalue weighted by Crippen LogP contribution is 2.58. The average molecular weight is 808 g/mol. The first-order valence-electron chi connectivity index (χ1n) is 20.8. The highest BCUT2D eigenvalue weighted by Gasteiger charge is 2.34. The van der Waals surface area contributed by atoms with Crippen LogP contribution in [0.25, 0.3) is 4.85 Å². The van der Waals surface area contributed by atoms with E-state index in [0.717, 1.165) is 85.3 Å². The number of hydrogen-bond donors (Lipinski definition) is 0. The zero-order chi connectivity index (χ0) is 42.3. The molecule has 0 atom stereocenters. The molecular formula is C56H37N7. The summed E-state index contributed by atoms with van der Waals surface area (Å²) in [5.74, 6) is 0. The maximum atomic E-state index is 9.81. The maximum absolute atomic E-state index is 9.81. The zero-order valence-corrected chi connectivity index (χ0v) is 34.0. The Morgan fingerprint density at radius 2 is 0.667 bits per heavy atom. The van der Waals surface area contributed by atoms with Crippen molar-refractivity contribution < 1.29 is 0 Å². The van der Waals surface area contributed by atoms with Crippen LogP contribution in [-0.4, -0.2) is 0 Å². The van der Waals surface area contributed by atoms with Crippen LogP contribution in [0.15, 0.2) is 224 Å². The van der Waals surface area contributed by atoms with E-state index >= 15 is 0 Å². The van der Waals surface area contributed by atoms with E-state index in [1.54, 1.807) is 0 Å². The minimum atomic E-state index is 0.557. The van der Waals surface area contributed by atoms with Gasteiger partial charge >= 0.3 is 0 Å². The third-order valence-corrected chi connectivity index (χ3v) is 11.6. The second-order valence-electron chi connectivity index (χ2n) is 15.3. The second-order valence-corrected chi connectivity index (χ2v) is 15.3. The van der Waals surface area contributed by atoms with Gasteiger partial charge in [0.05, 0.1) is 80.8 Å². The van der Waals surface area contributed by atoms with Crippen molar-refractivity contribution in [3.05, 3.63) is 241 Å². The molecule has 7 heteroatoms. The van der Waals surface area contributed by atoms with E-state index < -0.39 is 0 Å². The predicted octanol–water partition coefficient (Wildman–Crippen LogP) is 16.1. The van der Waals surface area contributed by atoms with Gasteiger partial charge < -0.3 is 24.5 Å². The van der Waals surface area contributed by atoms with E-state index in [1.165, 1.54) is 0 Å². The molecule has 2 aliphatic heterocycles. The van der Waals surface area contributed by atoms with Crippen LogP contribution in [0, 0.1) is 17.9 Å². The van der Waals surface area contributed by atoms with Gasteiger partial charge in [0.2, 0.25) is 0 Å². The fraction of sp³-hybridized carbons (Fsp3) is 0. The van der Waals surface area contributed by atoms with Crippen molar-refractivity contribution in [1.82, 2.24) is 0 Å². The van der Waals surface area contributed by atoms with Gasteiger partial charge in [0.15, 0.2) is 5.69 Å². The lowest BCUT2D eigenvalue weighted by molar-refractivity contribution is 1.15. The molecule has 7 nitrogen and oxygen atoms in total. The first kappa shape index (κ1) is 37.0. The van der Waals surface area contributed by atoms with Gasteiger partial charge in [-0.1, -0.05) is 97.1 Å². The number of anilines is 15. The van der Waals surface area contributed by atoms with E-state index in [1.807, 2.05) is 48.5 Å². The SMILES string of the molecule is [C-]#[N+]c1ccc(N(c2ccc(C#N)cc2)c2cc(N3c4ccccc4N(c4ccccc4)c4ccccc43)cc(N3c4ccccc4N(c4ccccc4)c4ccccc43)c2)cc1. The van der Waals surface area contributed by atoms with Crippen molar-refractivity contribution >= 4 is 91.0 Å². The zero-order valence-electron chi connectivity index (χ0n) is 34.0. The lowest BCUT2D eigenvalue weighted by Gasteiger charge is -2.42. The first-order valence-corrected chi connectivity index (χ1v) is 20.8. The van der Waals surface area contributed by atoms with Crippen molar-refractivity contribution in [2.24, 2.45) is 0 Å². The molecule has 0 saturated heterocycles. The minimum Gasteiger partial charge on any atom is -0.310 e. The van der Waals surface area contributed by atoms with Crippen LogP contribution < -0.4 is 24.5 Å². The lowest BCUT2D eigenvalue weighted by atomic mass is 10.0. The summed E-state index contributed by atoms with van der Waals surface area (Å²) in [7, 11) is 0. The molecule has 2 heterocycles. The van der Waals surface area contributed by atoms with Crippen molar-refractivity contribution in [2.45, 2.75) is 0 Å². The number of benzene rings is 9. The summed E-state index contributed by atoms with van der Waals surface area (Å²) in [4.78, 5) is 15.3. The number of nitriles is 1. The molecule has 2 aliphatic rings. The average Bonchev–Trinajstić information content (AvgIpc) is 3.35. The second kappa shape index (κ2) is 15.5. The van der Waals surface area contributed by atoms with Crippen LogP contribution in [-0.2, 0) is 0 Å². The number of rotatable bonds is 7. The van der Waals surface area contributed by atoms with Gasteiger partial charge in [-0.2, -0.15) is 5.26 Å². The van der Waals surface area contributed by atoms with Gasteiger partial charge in [-0.15, -0.1) is 0 Å². The Morgan fingerprint density at radius 1 is 0.349 bits per heavy atom. The van der Waals surface area contributed by atoms with E-state index in [9.17, 15) is 5.26 Å². The predicted molar refractivity (Wildman–Crippen MR) is 258 cm³/mol. The highest BCUT2D eigenvalue weighted by molar-refractivity contribution is 6.05. The van der Waals surface area contributed by atoms with Gasteiger partial charge in [0, 0.05) is 22.7 Å². The summed E-state index contributed by atoms with van der Waals surface area (Å²) < 4.78 is 0. The molecular weight excluding hydrogens is 771 g/mol. The van der Waals surface area contributed by atoms with Crippen LogP contribution in [0.2, 0.25) is 0 Å². The topological polar surface area (TPSA) is 44.4 Å². The smallest absolute Gasteiger partial charge is 0.187 e. The van der Waals surface area contributed by atoms with E-state index in [-0.39, 0.29) is 0 Å². The van der Waals surface area contributed by atoms with Crippen LogP contribution in [0.5, 0.6) is 0 Å².